The normalized spacial score (nSPS) is 25.4. The molecule has 1 aromatic heterocycles. The van der Waals surface area contributed by atoms with Gasteiger partial charge in [0, 0.05) is 28.8 Å². The molecule has 8 nitrogen and oxygen atoms in total. The molecule has 4 N–H and O–H groups in total. The lowest BCUT2D eigenvalue weighted by atomic mass is 9.80. The third-order valence-corrected chi connectivity index (χ3v) is 6.61. The highest BCUT2D eigenvalue weighted by Crippen LogP contribution is 2.42. The number of alkyl halides is 3. The van der Waals surface area contributed by atoms with Crippen LogP contribution in [0.2, 0.25) is 10.0 Å². The van der Waals surface area contributed by atoms with E-state index in [0.717, 1.165) is 11.2 Å². The molecule has 0 bridgehead atoms. The predicted molar refractivity (Wildman–Crippen MR) is 120 cm³/mol. The average molecular weight is 535 g/mol. The Morgan fingerprint density at radius 2 is 1.86 bits per heavy atom. The van der Waals surface area contributed by atoms with E-state index in [4.69, 9.17) is 28.9 Å². The van der Waals surface area contributed by atoms with Crippen LogP contribution in [-0.4, -0.2) is 52.0 Å². The molecular weight excluding hydrogens is 515 g/mol. The number of likely N-dealkylation sites (tertiary alicyclic amines) is 1. The fraction of sp³-hybridized carbons (Fsp3) is 0.429. The first-order valence-corrected chi connectivity index (χ1v) is 11.4. The Hall–Kier alpha value is -2.86. The SMILES string of the molecule is Nc1ncnc([C@]2(Nc3cc(Cl)cc(Cl)c3)CCCN(C3C(=O)NCCC3C(F)(F)F)C2=O)c1F. The predicted octanol–water partition coefficient (Wildman–Crippen LogP) is 3.50. The highest BCUT2D eigenvalue weighted by Gasteiger charge is 2.57. The Morgan fingerprint density at radius 1 is 1.17 bits per heavy atom. The number of nitrogens with one attached hydrogen (secondary N) is 2. The minimum atomic E-state index is -4.73. The van der Waals surface area contributed by atoms with Crippen LogP contribution in [0.25, 0.3) is 0 Å². The Kier molecular flexibility index (Phi) is 6.71. The van der Waals surface area contributed by atoms with E-state index in [1.165, 1.54) is 18.2 Å². The maximum atomic E-state index is 15.2. The lowest BCUT2D eigenvalue weighted by Gasteiger charge is -2.47. The zero-order valence-corrected chi connectivity index (χ0v) is 19.5. The van der Waals surface area contributed by atoms with Gasteiger partial charge >= 0.3 is 6.18 Å². The van der Waals surface area contributed by atoms with E-state index in [-0.39, 0.29) is 41.7 Å². The number of piperidine rings is 2. The van der Waals surface area contributed by atoms with Crippen molar-refractivity contribution in [1.82, 2.24) is 20.2 Å². The van der Waals surface area contributed by atoms with E-state index in [0.29, 0.717) is 0 Å². The summed E-state index contributed by atoms with van der Waals surface area (Å²) in [5, 5.41) is 5.68. The van der Waals surface area contributed by atoms with Gasteiger partial charge in [-0.15, -0.1) is 0 Å². The fourth-order valence-electron chi connectivity index (χ4n) is 4.68. The van der Waals surface area contributed by atoms with Gasteiger partial charge in [-0.05, 0) is 37.5 Å². The van der Waals surface area contributed by atoms with E-state index in [1.807, 2.05) is 0 Å². The van der Waals surface area contributed by atoms with Crippen LogP contribution >= 0.6 is 23.2 Å². The van der Waals surface area contributed by atoms with Crippen molar-refractivity contribution in [3.05, 3.63) is 46.1 Å². The first-order chi connectivity index (χ1) is 16.4. The number of hydrogen-bond acceptors (Lipinski definition) is 6. The Labute approximate surface area is 207 Å². The van der Waals surface area contributed by atoms with Crippen LogP contribution in [0.1, 0.15) is 25.0 Å². The van der Waals surface area contributed by atoms with Crippen molar-refractivity contribution in [2.45, 2.75) is 37.0 Å². The van der Waals surface area contributed by atoms with Gasteiger partial charge in [-0.1, -0.05) is 23.2 Å². The van der Waals surface area contributed by atoms with Crippen LogP contribution < -0.4 is 16.4 Å². The Morgan fingerprint density at radius 3 is 2.51 bits per heavy atom. The average Bonchev–Trinajstić information content (AvgIpc) is 2.76. The number of halogens is 6. The van der Waals surface area contributed by atoms with Crippen molar-refractivity contribution in [1.29, 1.82) is 0 Å². The maximum absolute atomic E-state index is 15.2. The molecule has 188 valence electrons. The fourth-order valence-corrected chi connectivity index (χ4v) is 5.21. The number of carbonyl (C=O) groups excluding carboxylic acids is 2. The van der Waals surface area contributed by atoms with Gasteiger partial charge in [-0.25, -0.2) is 14.4 Å². The van der Waals surface area contributed by atoms with E-state index >= 15 is 4.39 Å². The monoisotopic (exact) mass is 534 g/mol. The summed E-state index contributed by atoms with van der Waals surface area (Å²) in [5.41, 5.74) is 3.33. The number of benzene rings is 1. The zero-order chi connectivity index (χ0) is 25.5. The molecule has 2 fully saturated rings. The van der Waals surface area contributed by atoms with Gasteiger partial charge in [0.1, 0.15) is 18.1 Å². The van der Waals surface area contributed by atoms with Gasteiger partial charge in [0.05, 0.1) is 5.92 Å². The van der Waals surface area contributed by atoms with E-state index in [1.54, 1.807) is 0 Å². The summed E-state index contributed by atoms with van der Waals surface area (Å²) in [5.74, 6) is -5.64. The molecule has 2 aromatic rings. The summed E-state index contributed by atoms with van der Waals surface area (Å²) in [7, 11) is 0. The largest absolute Gasteiger partial charge is 0.394 e. The summed E-state index contributed by atoms with van der Waals surface area (Å²) < 4.78 is 56.8. The highest BCUT2D eigenvalue weighted by molar-refractivity contribution is 6.35. The lowest BCUT2D eigenvalue weighted by Crippen LogP contribution is -2.66. The molecule has 0 saturated carbocycles. The summed E-state index contributed by atoms with van der Waals surface area (Å²) in [6.45, 7) is -0.325. The van der Waals surface area contributed by atoms with Crippen molar-refractivity contribution in [3.8, 4) is 0 Å². The van der Waals surface area contributed by atoms with E-state index in [9.17, 15) is 22.8 Å². The van der Waals surface area contributed by atoms with Crippen molar-refractivity contribution in [2.24, 2.45) is 5.92 Å². The number of amides is 2. The van der Waals surface area contributed by atoms with Crippen LogP contribution in [0.4, 0.5) is 29.1 Å². The molecule has 2 saturated heterocycles. The number of nitrogen functional groups attached to an aromatic ring is 1. The molecule has 2 amide bonds. The van der Waals surface area contributed by atoms with Crippen molar-refractivity contribution in [2.75, 3.05) is 24.1 Å². The van der Waals surface area contributed by atoms with Gasteiger partial charge in [0.2, 0.25) is 5.91 Å². The molecular formula is C21H20Cl2F4N6O2. The van der Waals surface area contributed by atoms with Crippen LogP contribution in [0.5, 0.6) is 0 Å². The van der Waals surface area contributed by atoms with Gasteiger partial charge in [0.15, 0.2) is 17.2 Å². The third-order valence-electron chi connectivity index (χ3n) is 6.18. The van der Waals surface area contributed by atoms with Crippen molar-refractivity contribution < 1.29 is 27.2 Å². The number of nitrogens with two attached hydrogens (primary N) is 1. The Balaban J connectivity index is 1.85. The molecule has 2 unspecified atom stereocenters. The van der Waals surface area contributed by atoms with Crippen LogP contribution in [0, 0.1) is 11.7 Å². The first kappa shape index (κ1) is 25.2. The number of hydrogen-bond donors (Lipinski definition) is 3. The number of carbonyl (C=O) groups is 2. The molecule has 0 aliphatic carbocycles. The number of aromatic nitrogens is 2. The molecule has 35 heavy (non-hydrogen) atoms. The van der Waals surface area contributed by atoms with Gasteiger partial charge in [0.25, 0.3) is 5.91 Å². The highest BCUT2D eigenvalue weighted by atomic mass is 35.5. The number of rotatable bonds is 4. The molecule has 14 heteroatoms. The van der Waals surface area contributed by atoms with E-state index < -0.39 is 59.2 Å². The molecule has 0 radical (unpaired) electrons. The Bertz CT molecular complexity index is 1150. The van der Waals surface area contributed by atoms with Crippen LogP contribution in [0.15, 0.2) is 24.5 Å². The summed E-state index contributed by atoms with van der Waals surface area (Å²) in [6.07, 6.45) is -4.13. The molecule has 2 aliphatic heterocycles. The van der Waals surface area contributed by atoms with E-state index in [2.05, 4.69) is 20.6 Å². The molecule has 3 atom stereocenters. The summed E-state index contributed by atoms with van der Waals surface area (Å²) in [4.78, 5) is 35.0. The smallest absolute Gasteiger partial charge is 0.381 e. The zero-order valence-electron chi connectivity index (χ0n) is 18.0. The van der Waals surface area contributed by atoms with Crippen LogP contribution in [0.3, 0.4) is 0 Å². The third kappa shape index (κ3) is 4.68. The maximum Gasteiger partial charge on any atom is 0.394 e. The molecule has 2 aliphatic rings. The molecule has 4 rings (SSSR count). The second kappa shape index (κ2) is 9.30. The van der Waals surface area contributed by atoms with Gasteiger partial charge in [-0.2, -0.15) is 13.2 Å². The lowest BCUT2D eigenvalue weighted by molar-refractivity contribution is -0.202. The molecule has 3 heterocycles. The van der Waals surface area contributed by atoms with Gasteiger partial charge < -0.3 is 21.3 Å². The van der Waals surface area contributed by atoms with Crippen LogP contribution in [-0.2, 0) is 15.1 Å². The first-order valence-electron chi connectivity index (χ1n) is 10.6. The standard InChI is InChI=1S/C21H20Cl2F4N6O2/c22-10-6-11(23)8-12(7-10)32-20(16-14(24)17(28)31-9-30-16)3-1-5-33(19(20)35)15-13(21(25,26)27)2-4-29-18(15)34/h6-9,13,15,32H,1-5H2,(H,29,34)(H2,28,30,31)/t13?,15?,20-/m1/s1. The minimum Gasteiger partial charge on any atom is -0.381 e. The topological polar surface area (TPSA) is 113 Å². The van der Waals surface area contributed by atoms with Crippen molar-refractivity contribution >= 4 is 46.5 Å². The second-order valence-electron chi connectivity index (χ2n) is 8.38. The number of nitrogens with zero attached hydrogens (tertiary/aromatic N) is 3. The summed E-state index contributed by atoms with van der Waals surface area (Å²) >= 11 is 12.1. The quantitative estimate of drug-likeness (QED) is 0.517. The molecule has 0 spiro atoms. The van der Waals surface area contributed by atoms with Gasteiger partial charge in [-0.3, -0.25) is 9.59 Å². The second-order valence-corrected chi connectivity index (χ2v) is 9.26. The van der Waals surface area contributed by atoms with Crippen molar-refractivity contribution in [3.63, 3.8) is 0 Å². The molecule has 1 aromatic carbocycles. The number of anilines is 2. The minimum absolute atomic E-state index is 0.0646. The summed E-state index contributed by atoms with van der Waals surface area (Å²) in [6, 6.07) is 2.42.